The third-order valence-electron chi connectivity index (χ3n) is 2.14. The molecule has 0 spiro atoms. The highest BCUT2D eigenvalue weighted by molar-refractivity contribution is 5.67. The lowest BCUT2D eigenvalue weighted by Crippen LogP contribution is -2.33. The van der Waals surface area contributed by atoms with Gasteiger partial charge in [-0.3, -0.25) is 0 Å². The molecule has 0 unspecified atom stereocenters. The van der Waals surface area contributed by atoms with E-state index in [0.717, 1.165) is 6.42 Å². The molecular weight excluding hydrogens is 234 g/mol. The largest absolute Gasteiger partial charge is 0.444 e. The Morgan fingerprint density at radius 3 is 2.28 bits per heavy atom. The van der Waals surface area contributed by atoms with Crippen molar-refractivity contribution < 1.29 is 19.0 Å². The first kappa shape index (κ1) is 17.2. The van der Waals surface area contributed by atoms with Crippen molar-refractivity contribution >= 4 is 6.09 Å². The van der Waals surface area contributed by atoms with Crippen molar-refractivity contribution in [2.45, 2.75) is 52.2 Å². The summed E-state index contributed by atoms with van der Waals surface area (Å²) >= 11 is 0. The van der Waals surface area contributed by atoms with Crippen LogP contribution < -0.4 is 5.32 Å². The summed E-state index contributed by atoms with van der Waals surface area (Å²) in [6.45, 7) is 11.1. The van der Waals surface area contributed by atoms with Crippen LogP contribution in [0.5, 0.6) is 0 Å². The van der Waals surface area contributed by atoms with E-state index in [4.69, 9.17) is 14.2 Å². The fourth-order valence-corrected chi connectivity index (χ4v) is 1.06. The first-order valence-electron chi connectivity index (χ1n) is 6.26. The maximum atomic E-state index is 11.3. The number of carbonyl (C=O) groups excluding carboxylic acids is 1. The summed E-state index contributed by atoms with van der Waals surface area (Å²) in [5.41, 5.74) is -0.721. The minimum absolute atomic E-state index is 0.265. The minimum Gasteiger partial charge on any atom is -0.444 e. The molecule has 5 nitrogen and oxygen atoms in total. The molecule has 0 rings (SSSR count). The minimum atomic E-state index is -0.455. The zero-order valence-electron chi connectivity index (χ0n) is 12.5. The zero-order chi connectivity index (χ0) is 14.2. The number of hydrogen-bond donors (Lipinski definition) is 1. The Labute approximate surface area is 110 Å². The van der Waals surface area contributed by atoms with E-state index in [2.05, 4.69) is 5.32 Å². The van der Waals surface area contributed by atoms with Gasteiger partial charge in [0, 0.05) is 20.3 Å². The van der Waals surface area contributed by atoms with Crippen LogP contribution in [0, 0.1) is 0 Å². The SMILES string of the molecule is COC(C)(C)COCCCNC(=O)OC(C)(C)C. The first-order valence-corrected chi connectivity index (χ1v) is 6.26. The van der Waals surface area contributed by atoms with Crippen molar-refractivity contribution in [2.24, 2.45) is 0 Å². The second-order valence-corrected chi connectivity index (χ2v) is 5.80. The summed E-state index contributed by atoms with van der Waals surface area (Å²) < 4.78 is 15.8. The molecule has 0 aromatic carbocycles. The molecule has 0 bridgehead atoms. The molecule has 1 N–H and O–H groups in total. The van der Waals surface area contributed by atoms with E-state index >= 15 is 0 Å². The summed E-state index contributed by atoms with van der Waals surface area (Å²) in [6.07, 6.45) is 0.360. The molecule has 0 radical (unpaired) electrons. The van der Waals surface area contributed by atoms with Gasteiger partial charge in [-0.15, -0.1) is 0 Å². The van der Waals surface area contributed by atoms with E-state index in [1.165, 1.54) is 0 Å². The predicted molar refractivity (Wildman–Crippen MR) is 70.8 cm³/mol. The number of nitrogens with one attached hydrogen (secondary N) is 1. The van der Waals surface area contributed by atoms with E-state index in [0.29, 0.717) is 19.8 Å². The summed E-state index contributed by atoms with van der Waals surface area (Å²) in [7, 11) is 1.66. The Morgan fingerprint density at radius 2 is 1.78 bits per heavy atom. The third kappa shape index (κ3) is 10.4. The summed E-state index contributed by atoms with van der Waals surface area (Å²) in [4.78, 5) is 11.3. The molecule has 0 aliphatic heterocycles. The molecule has 5 heteroatoms. The average molecular weight is 261 g/mol. The molecule has 0 heterocycles. The maximum Gasteiger partial charge on any atom is 0.407 e. The molecule has 0 fully saturated rings. The Bertz CT molecular complexity index is 246. The smallest absolute Gasteiger partial charge is 0.407 e. The topological polar surface area (TPSA) is 56.8 Å². The number of rotatable bonds is 7. The van der Waals surface area contributed by atoms with E-state index < -0.39 is 5.60 Å². The number of hydrogen-bond acceptors (Lipinski definition) is 4. The van der Waals surface area contributed by atoms with Crippen molar-refractivity contribution in [1.29, 1.82) is 0 Å². The third-order valence-corrected chi connectivity index (χ3v) is 2.14. The van der Waals surface area contributed by atoms with E-state index in [1.807, 2.05) is 34.6 Å². The van der Waals surface area contributed by atoms with Crippen LogP contribution in [0.1, 0.15) is 41.0 Å². The lowest BCUT2D eigenvalue weighted by molar-refractivity contribution is -0.0509. The van der Waals surface area contributed by atoms with Crippen molar-refractivity contribution in [3.63, 3.8) is 0 Å². The van der Waals surface area contributed by atoms with E-state index in [1.54, 1.807) is 7.11 Å². The standard InChI is InChI=1S/C13H27NO4/c1-12(2,3)18-11(15)14-8-7-9-17-10-13(4,5)16-6/h7-10H2,1-6H3,(H,14,15). The predicted octanol–water partition coefficient (Wildman–Crippen LogP) is 2.34. The summed E-state index contributed by atoms with van der Waals surface area (Å²) in [5, 5.41) is 2.68. The van der Waals surface area contributed by atoms with Gasteiger partial charge in [-0.05, 0) is 41.0 Å². The van der Waals surface area contributed by atoms with Crippen LogP contribution in [0.15, 0.2) is 0 Å². The van der Waals surface area contributed by atoms with Crippen LogP contribution in [0.4, 0.5) is 4.79 Å². The number of amides is 1. The van der Waals surface area contributed by atoms with Gasteiger partial charge in [-0.1, -0.05) is 0 Å². The van der Waals surface area contributed by atoms with Gasteiger partial charge in [-0.25, -0.2) is 4.79 Å². The molecule has 0 aliphatic carbocycles. The Hall–Kier alpha value is -0.810. The number of alkyl carbamates (subject to hydrolysis) is 1. The number of ether oxygens (including phenoxy) is 3. The molecule has 0 saturated carbocycles. The van der Waals surface area contributed by atoms with Crippen LogP contribution in [0.2, 0.25) is 0 Å². The van der Waals surface area contributed by atoms with Gasteiger partial charge in [0.05, 0.1) is 12.2 Å². The van der Waals surface area contributed by atoms with Crippen LogP contribution in [0.25, 0.3) is 0 Å². The van der Waals surface area contributed by atoms with Crippen LogP contribution in [-0.2, 0) is 14.2 Å². The molecule has 0 aliphatic rings. The van der Waals surface area contributed by atoms with Crippen molar-refractivity contribution in [2.75, 3.05) is 26.9 Å². The van der Waals surface area contributed by atoms with Crippen LogP contribution in [0.3, 0.4) is 0 Å². The Kier molecular flexibility index (Phi) is 7.25. The molecule has 1 amide bonds. The summed E-state index contributed by atoms with van der Waals surface area (Å²) in [6, 6.07) is 0. The monoisotopic (exact) mass is 261 g/mol. The van der Waals surface area contributed by atoms with Crippen LogP contribution in [-0.4, -0.2) is 44.2 Å². The molecule has 18 heavy (non-hydrogen) atoms. The fourth-order valence-electron chi connectivity index (χ4n) is 1.06. The van der Waals surface area contributed by atoms with Gasteiger partial charge in [0.25, 0.3) is 0 Å². The normalized spacial score (nSPS) is 12.3. The number of carbonyl (C=O) groups is 1. The quantitative estimate of drug-likeness (QED) is 0.715. The van der Waals surface area contributed by atoms with Gasteiger partial charge in [0.1, 0.15) is 5.60 Å². The highest BCUT2D eigenvalue weighted by Gasteiger charge is 2.16. The van der Waals surface area contributed by atoms with Crippen molar-refractivity contribution in [1.82, 2.24) is 5.32 Å². The molecule has 0 aromatic rings. The molecule has 108 valence electrons. The van der Waals surface area contributed by atoms with Gasteiger partial charge in [0.2, 0.25) is 0 Å². The lowest BCUT2D eigenvalue weighted by atomic mass is 10.1. The van der Waals surface area contributed by atoms with E-state index in [-0.39, 0.29) is 11.7 Å². The maximum absolute atomic E-state index is 11.3. The molecular formula is C13H27NO4. The highest BCUT2D eigenvalue weighted by Crippen LogP contribution is 2.07. The Balaban J connectivity index is 3.49. The molecule has 0 aromatic heterocycles. The van der Waals surface area contributed by atoms with Gasteiger partial charge < -0.3 is 19.5 Å². The van der Waals surface area contributed by atoms with Gasteiger partial charge in [-0.2, -0.15) is 0 Å². The average Bonchev–Trinajstić information content (AvgIpc) is 2.20. The van der Waals surface area contributed by atoms with Gasteiger partial charge in [0.15, 0.2) is 0 Å². The second-order valence-electron chi connectivity index (χ2n) is 5.80. The van der Waals surface area contributed by atoms with Crippen LogP contribution >= 0.6 is 0 Å². The van der Waals surface area contributed by atoms with Crippen molar-refractivity contribution in [3.8, 4) is 0 Å². The first-order chi connectivity index (χ1) is 8.16. The highest BCUT2D eigenvalue weighted by atomic mass is 16.6. The summed E-state index contributed by atoms with van der Waals surface area (Å²) in [5.74, 6) is 0. The fraction of sp³-hybridized carbons (Fsp3) is 0.923. The van der Waals surface area contributed by atoms with Crippen molar-refractivity contribution in [3.05, 3.63) is 0 Å². The van der Waals surface area contributed by atoms with Gasteiger partial charge >= 0.3 is 6.09 Å². The zero-order valence-corrected chi connectivity index (χ0v) is 12.5. The Morgan fingerprint density at radius 1 is 1.17 bits per heavy atom. The molecule has 0 atom stereocenters. The molecule has 0 saturated heterocycles. The van der Waals surface area contributed by atoms with E-state index in [9.17, 15) is 4.79 Å². The number of methoxy groups -OCH3 is 1. The lowest BCUT2D eigenvalue weighted by Gasteiger charge is -2.22. The second kappa shape index (κ2) is 7.59.